The van der Waals surface area contributed by atoms with E-state index in [4.69, 9.17) is 23.7 Å². The number of carbonyl (C=O) groups excluding carboxylic acids is 3. The highest BCUT2D eigenvalue weighted by Crippen LogP contribution is 2.73. The minimum atomic E-state index is -1.68. The van der Waals surface area contributed by atoms with Crippen LogP contribution in [0.25, 0.3) is 10.9 Å². The number of carbonyl (C=O) groups is 3. The van der Waals surface area contributed by atoms with Crippen LogP contribution >= 0.6 is 0 Å². The second-order valence-electron chi connectivity index (χ2n) is 17.6. The summed E-state index contributed by atoms with van der Waals surface area (Å²) in [6.07, 6.45) is 7.52. The normalized spacial score (nSPS) is 36.0. The molecular formula is C45H52N4O9. The number of ether oxygens (including phenoxy) is 5. The number of fused-ring (bicyclic) bond motifs is 8. The summed E-state index contributed by atoms with van der Waals surface area (Å²) in [4.78, 5) is 53.5. The maximum absolute atomic E-state index is 15.2. The number of hydrogen-bond donors (Lipinski definition) is 2. The smallest absolute Gasteiger partial charge is 0.344 e. The van der Waals surface area contributed by atoms with Gasteiger partial charge in [0.05, 0.1) is 44.9 Å². The highest BCUT2D eigenvalue weighted by Gasteiger charge is 2.87. The van der Waals surface area contributed by atoms with E-state index in [1.807, 2.05) is 25.3 Å². The summed E-state index contributed by atoms with van der Waals surface area (Å²) >= 11 is 0. The molecule has 2 aromatic carbocycles. The van der Waals surface area contributed by atoms with Crippen molar-refractivity contribution in [1.82, 2.24) is 14.8 Å². The lowest BCUT2D eigenvalue weighted by Crippen LogP contribution is -2.78. The Morgan fingerprint density at radius 2 is 1.81 bits per heavy atom. The minimum absolute atomic E-state index is 0.00268. The molecule has 0 amide bonds. The van der Waals surface area contributed by atoms with Gasteiger partial charge in [-0.15, -0.1) is 0 Å². The number of phenolic OH excluding ortho intramolecular Hbond substituents is 1. The molecule has 13 heteroatoms. The lowest BCUT2D eigenvalue weighted by molar-refractivity contribution is -0.198. The van der Waals surface area contributed by atoms with Crippen LogP contribution in [0.4, 0.5) is 5.69 Å². The number of aromatic nitrogens is 1. The summed E-state index contributed by atoms with van der Waals surface area (Å²) < 4.78 is 31.4. The van der Waals surface area contributed by atoms with Gasteiger partial charge in [0.15, 0.2) is 6.10 Å². The number of aromatic amines is 1. The zero-order valence-corrected chi connectivity index (χ0v) is 34.2. The van der Waals surface area contributed by atoms with Gasteiger partial charge in [-0.1, -0.05) is 25.5 Å². The number of nitrogens with zero attached hydrogens (tertiary/aromatic N) is 3. The topological polar surface area (TPSA) is 143 Å². The van der Waals surface area contributed by atoms with E-state index in [1.165, 1.54) is 26.7 Å². The van der Waals surface area contributed by atoms with Crippen molar-refractivity contribution in [3.8, 4) is 11.5 Å². The molecule has 13 nitrogen and oxygen atoms in total. The van der Waals surface area contributed by atoms with Crippen molar-refractivity contribution in [2.75, 3.05) is 52.9 Å². The number of aromatic hydroxyl groups is 1. The molecule has 0 radical (unpaired) electrons. The molecule has 4 bridgehead atoms. The summed E-state index contributed by atoms with van der Waals surface area (Å²) in [6, 6.07) is 8.59. The van der Waals surface area contributed by atoms with Gasteiger partial charge in [0.25, 0.3) is 0 Å². The van der Waals surface area contributed by atoms with Crippen LogP contribution in [0.3, 0.4) is 0 Å². The van der Waals surface area contributed by atoms with E-state index in [-0.39, 0.29) is 17.7 Å². The van der Waals surface area contributed by atoms with E-state index in [9.17, 15) is 14.7 Å². The van der Waals surface area contributed by atoms with Crippen molar-refractivity contribution in [3.63, 3.8) is 0 Å². The number of methoxy groups -OCH3 is 3. The second kappa shape index (κ2) is 12.5. The summed E-state index contributed by atoms with van der Waals surface area (Å²) in [5, 5.41) is 11.6. The number of esters is 3. The fourth-order valence-corrected chi connectivity index (χ4v) is 13.4. The van der Waals surface area contributed by atoms with Crippen molar-refractivity contribution in [3.05, 3.63) is 76.6 Å². The number of rotatable bonds is 7. The van der Waals surface area contributed by atoms with E-state index in [2.05, 4.69) is 51.9 Å². The third-order valence-electron chi connectivity index (χ3n) is 15.3. The van der Waals surface area contributed by atoms with Crippen molar-refractivity contribution in [1.29, 1.82) is 0 Å². The Morgan fingerprint density at radius 3 is 2.52 bits per heavy atom. The van der Waals surface area contributed by atoms with Crippen molar-refractivity contribution in [2.45, 2.75) is 93.7 Å². The Kier molecular flexibility index (Phi) is 8.03. The van der Waals surface area contributed by atoms with Gasteiger partial charge in [-0.05, 0) is 79.3 Å². The van der Waals surface area contributed by atoms with Gasteiger partial charge < -0.3 is 43.6 Å². The van der Waals surface area contributed by atoms with Gasteiger partial charge in [-0.3, -0.25) is 14.5 Å². The standard InChI is InChI=1S/C45H52N4O9/c1-8-25-16-26-20-44(40(52)55-6,36-29(23-48(21-25)22-26)28-17-27(51)10-11-32(28)46-36)31-18-30-33(19-34(31)54-5)47(4)38-43(30)13-15-49-14-12-35-42(9-2,37(43)49)39(57-24(3)50)45(38,58-35)41(53)56-7/h10-12,14,16-19,26,35,37-39,46,51H,8-9,13,15,20-23H2,1-7H3/t26-,35-,37+,38-,39-,42-,43-,44+,45+/m1/s1. The summed E-state index contributed by atoms with van der Waals surface area (Å²) in [5.41, 5.74) is 1.66. The van der Waals surface area contributed by atoms with Crippen molar-refractivity contribution in [2.24, 2.45) is 11.3 Å². The largest absolute Gasteiger partial charge is 0.508 e. The number of nitrogens with one attached hydrogen (secondary N) is 1. The van der Waals surface area contributed by atoms with Crippen molar-refractivity contribution < 1.29 is 43.2 Å². The van der Waals surface area contributed by atoms with E-state index in [1.54, 1.807) is 19.2 Å². The Bertz CT molecular complexity index is 2350. The Labute approximate surface area is 337 Å². The maximum Gasteiger partial charge on any atom is 0.344 e. The zero-order valence-electron chi connectivity index (χ0n) is 34.2. The number of H-pyrrole nitrogens is 1. The maximum atomic E-state index is 15.2. The molecule has 10 rings (SSSR count). The van der Waals surface area contributed by atoms with Crippen LogP contribution in [0.2, 0.25) is 0 Å². The average Bonchev–Trinajstić information content (AvgIpc) is 3.92. The minimum Gasteiger partial charge on any atom is -0.508 e. The molecule has 3 aromatic rings. The number of benzene rings is 2. The van der Waals surface area contributed by atoms with Gasteiger partial charge in [0.2, 0.25) is 5.60 Å². The van der Waals surface area contributed by atoms with Gasteiger partial charge >= 0.3 is 17.9 Å². The molecule has 2 saturated heterocycles. The number of likely N-dealkylation sites (N-methyl/N-ethyl adjacent to an activating group) is 1. The molecule has 1 unspecified atom stereocenters. The molecule has 306 valence electrons. The van der Waals surface area contributed by atoms with Gasteiger partial charge in [0.1, 0.15) is 16.9 Å². The van der Waals surface area contributed by atoms with Crippen LogP contribution in [-0.4, -0.2) is 116 Å². The van der Waals surface area contributed by atoms with Crippen molar-refractivity contribution >= 4 is 34.5 Å². The first-order valence-electron chi connectivity index (χ1n) is 20.6. The van der Waals surface area contributed by atoms with Crippen LogP contribution in [0.15, 0.2) is 54.3 Å². The molecule has 6 aliphatic heterocycles. The molecule has 7 aliphatic rings. The molecule has 10 atom stereocenters. The molecule has 1 spiro atoms. The molecule has 1 aromatic heterocycles. The first kappa shape index (κ1) is 37.3. The molecule has 58 heavy (non-hydrogen) atoms. The molecule has 1 aliphatic carbocycles. The van der Waals surface area contributed by atoms with E-state index < -0.39 is 58.0 Å². The monoisotopic (exact) mass is 792 g/mol. The van der Waals surface area contributed by atoms with Gasteiger partial charge in [0, 0.05) is 79.5 Å². The number of phenols is 1. The fourth-order valence-electron chi connectivity index (χ4n) is 13.4. The van der Waals surface area contributed by atoms with E-state index >= 15 is 4.79 Å². The van der Waals surface area contributed by atoms with E-state index in [0.29, 0.717) is 49.4 Å². The predicted molar refractivity (Wildman–Crippen MR) is 214 cm³/mol. The van der Waals surface area contributed by atoms with E-state index in [0.717, 1.165) is 47.2 Å². The highest BCUT2D eigenvalue weighted by molar-refractivity contribution is 5.95. The van der Waals surface area contributed by atoms with Crippen LogP contribution < -0.4 is 9.64 Å². The zero-order chi connectivity index (χ0) is 40.7. The average molecular weight is 793 g/mol. The lowest BCUT2D eigenvalue weighted by Gasteiger charge is -2.59. The molecular weight excluding hydrogens is 741 g/mol. The molecule has 1 saturated carbocycles. The Balaban J connectivity index is 1.29. The summed E-state index contributed by atoms with van der Waals surface area (Å²) in [6.45, 7) is 8.48. The van der Waals surface area contributed by atoms with Crippen LogP contribution in [0.1, 0.15) is 68.8 Å². The molecule has 3 fully saturated rings. The SMILES string of the molecule is CCC1=C[C@H]2CN(C1)Cc1c([nH]c3ccc(O)cc13)[C@@](C(=O)OC)(c1cc3c(cc1OC)N(C)[C@H]1[C@]4(C(=O)OC)O[C@@H]5C=CN6CC[C@]31[C@@H]6[C@]5(CC)[C@H]4OC(C)=O)C2. The first-order chi connectivity index (χ1) is 27.9. The molecule has 2 N–H and O–H groups in total. The number of hydrogen-bond acceptors (Lipinski definition) is 12. The van der Waals surface area contributed by atoms with Crippen LogP contribution in [-0.2, 0) is 50.7 Å². The number of anilines is 1. The summed E-state index contributed by atoms with van der Waals surface area (Å²) in [7, 11) is 6.40. The predicted octanol–water partition coefficient (Wildman–Crippen LogP) is 4.82. The first-order valence-corrected chi connectivity index (χ1v) is 20.6. The van der Waals surface area contributed by atoms with Crippen LogP contribution in [0.5, 0.6) is 11.5 Å². The summed E-state index contributed by atoms with van der Waals surface area (Å²) in [5.74, 6) is -0.839. The fraction of sp³-hybridized carbons (Fsp3) is 0.533. The van der Waals surface area contributed by atoms with Gasteiger partial charge in [-0.25, -0.2) is 4.79 Å². The third kappa shape index (κ3) is 4.31. The van der Waals surface area contributed by atoms with Crippen LogP contribution in [0, 0.1) is 11.3 Å². The highest BCUT2D eigenvalue weighted by atomic mass is 16.6. The lowest BCUT2D eigenvalue weighted by atomic mass is 9.48. The Morgan fingerprint density at radius 1 is 1.02 bits per heavy atom. The Hall–Kier alpha value is -5.01. The van der Waals surface area contributed by atoms with Gasteiger partial charge in [-0.2, -0.15) is 0 Å². The quantitative estimate of drug-likeness (QED) is 0.192. The second-order valence-corrected chi connectivity index (χ2v) is 17.6. The molecule has 7 heterocycles. The third-order valence-corrected chi connectivity index (χ3v) is 15.3.